The number of hydrogen-bond acceptors (Lipinski definition) is 4. The molecule has 1 unspecified atom stereocenters. The van der Waals surface area contributed by atoms with Crippen molar-refractivity contribution in [3.63, 3.8) is 0 Å². The monoisotopic (exact) mass is 388 g/mol. The van der Waals surface area contributed by atoms with Crippen LogP contribution in [0.3, 0.4) is 0 Å². The smallest absolute Gasteiger partial charge is 0.132 e. The number of hydrogen-bond donors (Lipinski definition) is 0. The quantitative estimate of drug-likeness (QED) is 0.403. The first-order chi connectivity index (χ1) is 11.4. The molecule has 0 aliphatic heterocycles. The Morgan fingerprint density at radius 2 is 0.760 bits per heavy atom. The molecule has 0 fully saturated rings. The Morgan fingerprint density at radius 1 is 0.520 bits per heavy atom. The van der Waals surface area contributed by atoms with Crippen molar-refractivity contribution in [2.45, 2.75) is 119 Å². The van der Waals surface area contributed by atoms with E-state index in [1.165, 1.54) is 0 Å². The largest absolute Gasteiger partial charge is 0.260 e. The third kappa shape index (κ3) is 6.71. The first kappa shape index (κ1) is 25.2. The Kier molecular flexibility index (Phi) is 11.3. The van der Waals surface area contributed by atoms with Gasteiger partial charge in [-0.2, -0.15) is 5.26 Å². The van der Waals surface area contributed by atoms with Crippen molar-refractivity contribution >= 4 is 15.7 Å². The molecule has 0 heterocycles. The third-order valence-electron chi connectivity index (χ3n) is 4.07. The van der Waals surface area contributed by atoms with Gasteiger partial charge in [0.05, 0.1) is 7.91 Å². The van der Waals surface area contributed by atoms with Gasteiger partial charge in [0.15, 0.2) is 0 Å². The summed E-state index contributed by atoms with van der Waals surface area (Å²) in [4.78, 5) is 0. The van der Waals surface area contributed by atoms with Gasteiger partial charge < -0.3 is 0 Å². The molecule has 0 aromatic carbocycles. The molecule has 1 atom stereocenters. The van der Waals surface area contributed by atoms with Crippen LogP contribution in [0.2, 0.25) is 0 Å². The van der Waals surface area contributed by atoms with Crippen molar-refractivity contribution in [1.82, 2.24) is 14.0 Å². The predicted octanol–water partition coefficient (Wildman–Crippen LogP) is 6.45. The third-order valence-corrected chi connectivity index (χ3v) is 11.8. The summed E-state index contributed by atoms with van der Waals surface area (Å²) in [5.74, 6) is 2.78. The molecular formula is C19H42N4P2. The van der Waals surface area contributed by atoms with E-state index < -0.39 is 15.7 Å². The molecule has 0 amide bonds. The van der Waals surface area contributed by atoms with E-state index in [2.05, 4.69) is 103 Å². The lowest BCUT2D eigenvalue weighted by molar-refractivity contribution is 0.260. The Hall–Kier alpha value is 0.230. The van der Waals surface area contributed by atoms with Gasteiger partial charge in [-0.25, -0.2) is 0 Å². The fourth-order valence-electron chi connectivity index (χ4n) is 3.55. The van der Waals surface area contributed by atoms with E-state index in [9.17, 15) is 5.26 Å². The maximum absolute atomic E-state index is 10.3. The molecule has 0 saturated carbocycles. The summed E-state index contributed by atoms with van der Waals surface area (Å²) in [5, 5.41) is 10.3. The average molecular weight is 389 g/mol. The van der Waals surface area contributed by atoms with Crippen LogP contribution in [-0.4, -0.2) is 50.3 Å². The second-order valence-corrected chi connectivity index (χ2v) is 13.3. The minimum atomic E-state index is -0.917. The van der Waals surface area contributed by atoms with Crippen molar-refractivity contribution in [1.29, 1.82) is 5.26 Å². The Morgan fingerprint density at radius 3 is 0.920 bits per heavy atom. The van der Waals surface area contributed by atoms with Gasteiger partial charge in [0, 0.05) is 36.3 Å². The molecule has 0 N–H and O–H groups in total. The predicted molar refractivity (Wildman–Crippen MR) is 116 cm³/mol. The lowest BCUT2D eigenvalue weighted by atomic mass is 10.3. The molecular weight excluding hydrogens is 346 g/mol. The van der Waals surface area contributed by atoms with Crippen LogP contribution in [0.25, 0.3) is 0 Å². The lowest BCUT2D eigenvalue weighted by Gasteiger charge is -2.51. The van der Waals surface area contributed by atoms with Gasteiger partial charge in [-0.1, -0.05) is 0 Å². The van der Waals surface area contributed by atoms with Crippen molar-refractivity contribution < 1.29 is 0 Å². The molecule has 0 aromatic heterocycles. The van der Waals surface area contributed by atoms with Gasteiger partial charge in [0.25, 0.3) is 0 Å². The fourth-order valence-corrected chi connectivity index (χ4v) is 12.8. The van der Waals surface area contributed by atoms with Gasteiger partial charge in [0.2, 0.25) is 0 Å². The maximum Gasteiger partial charge on any atom is 0.132 e. The number of nitriles is 1. The molecule has 148 valence electrons. The van der Waals surface area contributed by atoms with Crippen LogP contribution in [0, 0.1) is 11.1 Å². The second kappa shape index (κ2) is 11.2. The summed E-state index contributed by atoms with van der Waals surface area (Å²) < 4.78 is 7.70. The van der Waals surface area contributed by atoms with Gasteiger partial charge in [-0.05, 0) is 83.1 Å². The summed E-state index contributed by atoms with van der Waals surface area (Å²) in [7, 11) is -1.63. The zero-order valence-corrected chi connectivity index (χ0v) is 20.4. The van der Waals surface area contributed by atoms with Gasteiger partial charge in [0.1, 0.15) is 13.6 Å². The molecule has 0 spiro atoms. The zero-order valence-electron chi connectivity index (χ0n) is 18.6. The van der Waals surface area contributed by atoms with E-state index in [0.717, 1.165) is 0 Å². The van der Waals surface area contributed by atoms with E-state index in [1.807, 2.05) is 0 Å². The van der Waals surface area contributed by atoms with Crippen molar-refractivity contribution in [2.75, 3.05) is 0 Å². The van der Waals surface area contributed by atoms with E-state index in [-0.39, 0.29) is 0 Å². The van der Waals surface area contributed by atoms with Crippen molar-refractivity contribution in [3.8, 4) is 5.81 Å². The number of nitrogens with zero attached hydrogens (tertiary/aromatic N) is 4. The van der Waals surface area contributed by atoms with Crippen molar-refractivity contribution in [3.05, 3.63) is 0 Å². The first-order valence-corrected chi connectivity index (χ1v) is 13.0. The fraction of sp³-hybridized carbons (Fsp3) is 0.947. The normalized spacial score (nSPS) is 14.6. The highest BCUT2D eigenvalue weighted by Gasteiger charge is 2.43. The SMILES string of the molecule is CC(C)N(C(C)C)P(C#N)P(N(C(C)C)C(C)C)N(C(C)C)C(C)C. The van der Waals surface area contributed by atoms with Crippen LogP contribution in [0.1, 0.15) is 83.1 Å². The highest BCUT2D eigenvalue weighted by atomic mass is 32.1. The second-order valence-electron chi connectivity index (χ2n) is 8.36. The number of rotatable bonds is 10. The average Bonchev–Trinajstić information content (AvgIpc) is 2.40. The summed E-state index contributed by atoms with van der Waals surface area (Å²) >= 11 is 0. The van der Waals surface area contributed by atoms with E-state index in [1.54, 1.807) is 0 Å². The minimum absolute atomic E-state index is 0.373. The summed E-state index contributed by atoms with van der Waals surface area (Å²) in [6, 6.07) is 2.43. The van der Waals surface area contributed by atoms with Crippen LogP contribution in [-0.2, 0) is 0 Å². The van der Waals surface area contributed by atoms with Crippen LogP contribution in [0.15, 0.2) is 0 Å². The molecule has 4 nitrogen and oxygen atoms in total. The Labute approximate surface area is 160 Å². The molecule has 6 heteroatoms. The lowest BCUT2D eigenvalue weighted by Crippen LogP contribution is -2.44. The minimum Gasteiger partial charge on any atom is -0.260 e. The highest BCUT2D eigenvalue weighted by Crippen LogP contribution is 2.76. The van der Waals surface area contributed by atoms with Crippen molar-refractivity contribution in [2.24, 2.45) is 0 Å². The van der Waals surface area contributed by atoms with E-state index in [4.69, 9.17) is 0 Å². The summed E-state index contributed by atoms with van der Waals surface area (Å²) in [6.07, 6.45) is 0. The summed E-state index contributed by atoms with van der Waals surface area (Å²) in [5.41, 5.74) is 0. The molecule has 0 saturated heterocycles. The molecule has 0 bridgehead atoms. The molecule has 0 aliphatic carbocycles. The standard InChI is InChI=1S/C19H42N4P2/c1-14(2)21(15(3)4)24(13-20)25(22(16(5)6)17(7)8)23(18(9)10)19(11)12/h14-19H,1-12H3. The molecule has 0 aromatic rings. The molecule has 0 radical (unpaired) electrons. The van der Waals surface area contributed by atoms with Crippen LogP contribution >= 0.6 is 15.7 Å². The zero-order chi connectivity index (χ0) is 20.1. The summed E-state index contributed by atoms with van der Waals surface area (Å²) in [6.45, 7) is 27.1. The molecule has 25 heavy (non-hydrogen) atoms. The molecule has 0 rings (SSSR count). The van der Waals surface area contributed by atoms with Gasteiger partial charge in [-0.3, -0.25) is 14.0 Å². The van der Waals surface area contributed by atoms with Gasteiger partial charge >= 0.3 is 0 Å². The van der Waals surface area contributed by atoms with E-state index in [0.29, 0.717) is 36.3 Å². The maximum atomic E-state index is 10.3. The van der Waals surface area contributed by atoms with Crippen LogP contribution in [0.5, 0.6) is 0 Å². The van der Waals surface area contributed by atoms with Crippen LogP contribution in [0.4, 0.5) is 0 Å². The highest BCUT2D eigenvalue weighted by molar-refractivity contribution is 8.28. The molecule has 0 aliphatic rings. The van der Waals surface area contributed by atoms with E-state index >= 15 is 0 Å². The van der Waals surface area contributed by atoms with Gasteiger partial charge in [-0.15, -0.1) is 0 Å². The Bertz CT molecular complexity index is 372. The Balaban J connectivity index is 6.37. The first-order valence-electron chi connectivity index (χ1n) is 9.72. The topological polar surface area (TPSA) is 33.5 Å². The van der Waals surface area contributed by atoms with Crippen LogP contribution < -0.4 is 0 Å².